The quantitative estimate of drug-likeness (QED) is 0.372. The summed E-state index contributed by atoms with van der Waals surface area (Å²) in [4.78, 5) is 27.2. The fourth-order valence-electron chi connectivity index (χ4n) is 3.66. The van der Waals surface area contributed by atoms with Crippen molar-refractivity contribution in [3.8, 4) is 5.75 Å². The number of ether oxygens (including phenoxy) is 2. The van der Waals surface area contributed by atoms with Crippen molar-refractivity contribution in [1.29, 1.82) is 0 Å². The average Bonchev–Trinajstić information content (AvgIpc) is 3.03. The molecule has 7 heteroatoms. The predicted molar refractivity (Wildman–Crippen MR) is 119 cm³/mol. The van der Waals surface area contributed by atoms with E-state index in [2.05, 4.69) is 6.92 Å². The maximum absolute atomic E-state index is 12.9. The molecule has 31 heavy (non-hydrogen) atoms. The van der Waals surface area contributed by atoms with Crippen LogP contribution in [0.15, 0.2) is 48.0 Å². The van der Waals surface area contributed by atoms with E-state index in [4.69, 9.17) is 21.1 Å². The summed E-state index contributed by atoms with van der Waals surface area (Å²) in [6.07, 6.45) is 0.870. The number of aryl methyl sites for hydroxylation is 1. The number of ketones is 1. The molecular weight excluding hydrogens is 418 g/mol. The second kappa shape index (κ2) is 9.98. The van der Waals surface area contributed by atoms with Crippen molar-refractivity contribution in [1.82, 2.24) is 4.90 Å². The monoisotopic (exact) mass is 443 g/mol. The normalized spacial score (nSPS) is 17.9. The Labute approximate surface area is 187 Å². The first-order valence-electron chi connectivity index (χ1n) is 10.2. The fraction of sp³-hybridized carbons (Fsp3) is 0.333. The van der Waals surface area contributed by atoms with Crippen LogP contribution in [0.5, 0.6) is 5.75 Å². The van der Waals surface area contributed by atoms with Crippen LogP contribution in [0, 0.1) is 0 Å². The SMILES string of the molecule is CCOc1ccc(C(O)=C2C(=O)C(=O)N(CCOC)[C@H]2c2ccc(CC)cc2)cc1Cl. The highest BCUT2D eigenvalue weighted by atomic mass is 35.5. The van der Waals surface area contributed by atoms with E-state index < -0.39 is 17.7 Å². The average molecular weight is 444 g/mol. The molecule has 0 aliphatic carbocycles. The van der Waals surface area contributed by atoms with Gasteiger partial charge in [-0.25, -0.2) is 0 Å². The van der Waals surface area contributed by atoms with Gasteiger partial charge in [0.25, 0.3) is 11.7 Å². The summed E-state index contributed by atoms with van der Waals surface area (Å²) in [6, 6.07) is 11.7. The van der Waals surface area contributed by atoms with Crippen LogP contribution in [-0.2, 0) is 20.7 Å². The molecule has 6 nitrogen and oxygen atoms in total. The Morgan fingerprint density at radius 2 is 1.84 bits per heavy atom. The number of carbonyl (C=O) groups is 2. The number of likely N-dealkylation sites (tertiary alicyclic amines) is 1. The summed E-state index contributed by atoms with van der Waals surface area (Å²) in [5.74, 6) is -1.19. The Bertz CT molecular complexity index is 1000. The van der Waals surface area contributed by atoms with Gasteiger partial charge in [-0.1, -0.05) is 42.8 Å². The van der Waals surface area contributed by atoms with E-state index >= 15 is 0 Å². The molecular formula is C24H26ClNO5. The summed E-state index contributed by atoms with van der Waals surface area (Å²) < 4.78 is 10.6. The second-order valence-electron chi connectivity index (χ2n) is 7.16. The van der Waals surface area contributed by atoms with Crippen LogP contribution in [0.25, 0.3) is 5.76 Å². The van der Waals surface area contributed by atoms with Crippen molar-refractivity contribution in [2.75, 3.05) is 26.9 Å². The third kappa shape index (κ3) is 4.60. The maximum Gasteiger partial charge on any atom is 0.295 e. The highest BCUT2D eigenvalue weighted by Crippen LogP contribution is 2.40. The van der Waals surface area contributed by atoms with E-state index in [1.807, 2.05) is 31.2 Å². The van der Waals surface area contributed by atoms with Gasteiger partial charge in [-0.3, -0.25) is 9.59 Å². The molecule has 164 valence electrons. The second-order valence-corrected chi connectivity index (χ2v) is 7.57. The Morgan fingerprint density at radius 3 is 2.42 bits per heavy atom. The zero-order valence-electron chi connectivity index (χ0n) is 17.9. The number of rotatable bonds is 8. The number of aliphatic hydroxyl groups is 1. The van der Waals surface area contributed by atoms with Crippen molar-refractivity contribution in [3.05, 3.63) is 69.8 Å². The highest BCUT2D eigenvalue weighted by molar-refractivity contribution is 6.46. The lowest BCUT2D eigenvalue weighted by Crippen LogP contribution is -2.32. The number of aliphatic hydroxyl groups excluding tert-OH is 1. The molecule has 3 rings (SSSR count). The van der Waals surface area contributed by atoms with Crippen molar-refractivity contribution >= 4 is 29.1 Å². The van der Waals surface area contributed by atoms with Crippen LogP contribution in [0.2, 0.25) is 5.02 Å². The summed E-state index contributed by atoms with van der Waals surface area (Å²) in [7, 11) is 1.53. The number of halogens is 1. The lowest BCUT2D eigenvalue weighted by Gasteiger charge is -2.25. The van der Waals surface area contributed by atoms with Crippen LogP contribution in [0.1, 0.15) is 36.6 Å². The van der Waals surface area contributed by atoms with Gasteiger partial charge in [0.2, 0.25) is 0 Å². The summed E-state index contributed by atoms with van der Waals surface area (Å²) >= 11 is 6.27. The van der Waals surface area contributed by atoms with Gasteiger partial charge in [-0.15, -0.1) is 0 Å². The van der Waals surface area contributed by atoms with Crippen molar-refractivity contribution in [3.63, 3.8) is 0 Å². The standard InChI is InChI=1S/C24H26ClNO5/c1-4-15-6-8-16(9-7-15)21-20(23(28)24(29)26(21)12-13-30-3)22(27)17-10-11-19(31-5-2)18(25)14-17/h6-11,14,21,27H,4-5,12-13H2,1-3H3/t21-/m0/s1. The van der Waals surface area contributed by atoms with Crippen molar-refractivity contribution in [2.45, 2.75) is 26.3 Å². The molecule has 1 N–H and O–H groups in total. The Balaban J connectivity index is 2.12. The van der Waals surface area contributed by atoms with E-state index in [0.29, 0.717) is 22.9 Å². The predicted octanol–water partition coefficient (Wildman–Crippen LogP) is 4.37. The van der Waals surface area contributed by atoms with Gasteiger partial charge < -0.3 is 19.5 Å². The molecule has 1 saturated heterocycles. The lowest BCUT2D eigenvalue weighted by atomic mass is 9.94. The molecule has 1 heterocycles. The molecule has 0 unspecified atom stereocenters. The first kappa shape index (κ1) is 22.8. The van der Waals surface area contributed by atoms with Crippen molar-refractivity contribution in [2.24, 2.45) is 0 Å². The minimum absolute atomic E-state index is 0.0329. The number of hydrogen-bond acceptors (Lipinski definition) is 5. The summed E-state index contributed by atoms with van der Waals surface area (Å²) in [5.41, 5.74) is 2.25. The number of nitrogens with zero attached hydrogens (tertiary/aromatic N) is 1. The van der Waals surface area contributed by atoms with Gasteiger partial charge in [0.1, 0.15) is 11.5 Å². The van der Waals surface area contributed by atoms with Crippen molar-refractivity contribution < 1.29 is 24.2 Å². The van der Waals surface area contributed by atoms with E-state index in [1.165, 1.54) is 18.1 Å². The number of amides is 1. The van der Waals surface area contributed by atoms with E-state index in [9.17, 15) is 14.7 Å². The molecule has 0 bridgehead atoms. The van der Waals surface area contributed by atoms with Crippen LogP contribution >= 0.6 is 11.6 Å². The Hall–Kier alpha value is -2.83. The summed E-state index contributed by atoms with van der Waals surface area (Å²) in [5, 5.41) is 11.4. The number of carbonyl (C=O) groups excluding carboxylic acids is 2. The van der Waals surface area contributed by atoms with Gasteiger partial charge in [-0.05, 0) is 42.7 Å². The van der Waals surface area contributed by atoms with E-state index in [-0.39, 0.29) is 24.5 Å². The third-order valence-corrected chi connectivity index (χ3v) is 5.58. The van der Waals surface area contributed by atoms with Crippen LogP contribution in [-0.4, -0.2) is 48.6 Å². The molecule has 1 aliphatic rings. The fourth-order valence-corrected chi connectivity index (χ4v) is 3.89. The molecule has 2 aromatic rings. The molecule has 0 radical (unpaired) electrons. The molecule has 1 fully saturated rings. The number of methoxy groups -OCH3 is 1. The van der Waals surface area contributed by atoms with Crippen LogP contribution in [0.4, 0.5) is 0 Å². The van der Waals surface area contributed by atoms with Crippen LogP contribution in [0.3, 0.4) is 0 Å². The third-order valence-electron chi connectivity index (χ3n) is 5.29. The topological polar surface area (TPSA) is 76.1 Å². The number of Topliss-reactive ketones (excluding diaryl/α,β-unsaturated/α-hetero) is 1. The van der Waals surface area contributed by atoms with Crippen LogP contribution < -0.4 is 4.74 Å². The van der Waals surface area contributed by atoms with Gasteiger partial charge >= 0.3 is 0 Å². The molecule has 2 aromatic carbocycles. The van der Waals surface area contributed by atoms with E-state index in [0.717, 1.165) is 17.5 Å². The summed E-state index contributed by atoms with van der Waals surface area (Å²) in [6.45, 7) is 4.84. The molecule has 1 atom stereocenters. The first-order valence-corrected chi connectivity index (χ1v) is 10.6. The smallest absolute Gasteiger partial charge is 0.295 e. The Kier molecular flexibility index (Phi) is 7.36. The molecule has 0 saturated carbocycles. The van der Waals surface area contributed by atoms with E-state index in [1.54, 1.807) is 12.1 Å². The minimum atomic E-state index is -0.733. The first-order chi connectivity index (χ1) is 14.9. The van der Waals surface area contributed by atoms with Gasteiger partial charge in [0.15, 0.2) is 0 Å². The minimum Gasteiger partial charge on any atom is -0.507 e. The molecule has 1 amide bonds. The maximum atomic E-state index is 12.9. The number of benzene rings is 2. The molecule has 0 spiro atoms. The van der Waals surface area contributed by atoms with Gasteiger partial charge in [-0.2, -0.15) is 0 Å². The molecule has 1 aliphatic heterocycles. The van der Waals surface area contributed by atoms with Gasteiger partial charge in [0.05, 0.1) is 29.9 Å². The zero-order valence-corrected chi connectivity index (χ0v) is 18.6. The molecule has 0 aromatic heterocycles. The van der Waals surface area contributed by atoms with Gasteiger partial charge in [0, 0.05) is 19.2 Å². The number of hydrogen-bond donors (Lipinski definition) is 1. The Morgan fingerprint density at radius 1 is 1.13 bits per heavy atom. The highest BCUT2D eigenvalue weighted by Gasteiger charge is 2.45. The largest absolute Gasteiger partial charge is 0.507 e. The zero-order chi connectivity index (χ0) is 22.5. The lowest BCUT2D eigenvalue weighted by molar-refractivity contribution is -0.140.